The minimum Gasteiger partial charge on any atom is -0.478 e. The number of amides is 14. The molecule has 0 radical (unpaired) electrons. The average molecular weight is 1780 g/mol. The van der Waals surface area contributed by atoms with Gasteiger partial charge in [0.2, 0.25) is 82.7 Å². The van der Waals surface area contributed by atoms with Gasteiger partial charge in [0, 0.05) is 109 Å². The molecule has 34 heteroatoms. The van der Waals surface area contributed by atoms with Crippen LogP contribution in [0, 0.1) is 41.4 Å². The number of hydrogen-bond donors (Lipinski definition) is 3. The number of likely N-dealkylation sites (N-methyl/N-ethyl adjacent to an activating group) is 12. The predicted octanol–water partition coefficient (Wildman–Crippen LogP) is 6.13. The molecule has 32 nitrogen and oxygen atoms in total. The first-order valence-electron chi connectivity index (χ1n) is 43.0. The van der Waals surface area contributed by atoms with Crippen LogP contribution in [-0.4, -0.2) is 346 Å². The van der Waals surface area contributed by atoms with Gasteiger partial charge in [-0.3, -0.25) is 67.1 Å². The summed E-state index contributed by atoms with van der Waals surface area (Å²) in [4.78, 5) is 247. The second-order valence-corrected chi connectivity index (χ2v) is 38.1. The molecule has 5 rings (SSSR count). The van der Waals surface area contributed by atoms with Crippen LogP contribution < -0.4 is 10.6 Å². The van der Waals surface area contributed by atoms with E-state index in [0.717, 1.165) is 11.1 Å². The molecule has 692 valence electrons. The van der Waals surface area contributed by atoms with Gasteiger partial charge in [0.15, 0.2) is 0 Å². The van der Waals surface area contributed by atoms with Crippen molar-refractivity contribution in [1.29, 1.82) is 0 Å². The molecular formula is C91H138N14O18S2. The van der Waals surface area contributed by atoms with Crippen molar-refractivity contribution in [3.05, 3.63) is 107 Å². The third kappa shape index (κ3) is 25.6. The summed E-state index contributed by atoms with van der Waals surface area (Å²) in [6.07, 6.45) is 1.16. The monoisotopic (exact) mass is 1780 g/mol. The molecule has 2 fully saturated rings. The molecule has 0 aromatic heterocycles. The molecule has 3 aromatic carbocycles. The van der Waals surface area contributed by atoms with Gasteiger partial charge in [-0.15, -0.1) is 0 Å². The molecule has 0 saturated carbocycles. The fraction of sp³-hybridized carbons (Fsp3) is 0.626. The summed E-state index contributed by atoms with van der Waals surface area (Å²) in [6.45, 7) is 27.2. The zero-order valence-electron chi connectivity index (χ0n) is 78.4. The van der Waals surface area contributed by atoms with Crippen LogP contribution >= 0.6 is 21.6 Å². The number of rotatable bonds is 40. The van der Waals surface area contributed by atoms with E-state index in [0.29, 0.717) is 6.42 Å². The lowest BCUT2D eigenvalue weighted by Crippen LogP contribution is -2.63. The summed E-state index contributed by atoms with van der Waals surface area (Å²) in [6, 6.07) is 7.84. The highest BCUT2D eigenvalue weighted by atomic mass is 33.1. The Kier molecular flexibility index (Phi) is 39.6. The van der Waals surface area contributed by atoms with Crippen molar-refractivity contribution in [1.82, 2.24) is 69.4 Å². The lowest BCUT2D eigenvalue weighted by atomic mass is 9.93. The first-order chi connectivity index (χ1) is 58.4. The highest BCUT2D eigenvalue weighted by Gasteiger charge is 2.49. The first-order valence-corrected chi connectivity index (χ1v) is 45.5. The highest BCUT2D eigenvalue weighted by Crippen LogP contribution is 2.33. The van der Waals surface area contributed by atoms with E-state index in [1.807, 2.05) is 43.3 Å². The minimum absolute atomic E-state index is 0.0763. The number of carboxylic acid groups (broad SMARTS) is 1. The molecule has 2 unspecified atom stereocenters. The van der Waals surface area contributed by atoms with Gasteiger partial charge in [0.1, 0.15) is 85.2 Å². The molecule has 125 heavy (non-hydrogen) atoms. The molecule has 0 aliphatic carbocycles. The second-order valence-electron chi connectivity index (χ2n) is 35.5. The molecule has 2 aliphatic rings. The number of benzene rings is 3. The summed E-state index contributed by atoms with van der Waals surface area (Å²) in [7, 11) is 20.0. The number of carboxylic acids is 1. The zero-order valence-corrected chi connectivity index (χ0v) is 80.1. The maximum Gasteiger partial charge on any atom is 0.339 e. The van der Waals surface area contributed by atoms with E-state index < -0.39 is 215 Å². The summed E-state index contributed by atoms with van der Waals surface area (Å²) in [5.41, 5.74) is 1.09. The lowest BCUT2D eigenvalue weighted by Gasteiger charge is -2.43. The van der Waals surface area contributed by atoms with Crippen LogP contribution in [0.1, 0.15) is 162 Å². The topological polar surface area (TPSA) is 366 Å². The Balaban J connectivity index is 1.30. The SMILES string of the molecule is CC[C@H](C)[C@@H](C(=O)N(C)[C@@H](C)C(=O)N(C)[C@H](C(=O)N(C)[C@H](C(=O)N(C)[C@H](C(=O)N(C)[C@H](C(=O)N(C)[C@@H](C)C(=O)N(C)[C@H](C(=O)N(C)[C@H](C(=O)N(C)C1CSSCC(C(=O)N[C@H](COC(=O)c2ccccc2C(=O)O)Cc2ccccc2)N(C)C1=O)C(C)C)C(C)C)C(C)C)C(C)C)C(C)C)C(C)C)N(C)C(=O)[C@H](Cc1ccccc1)NC(=O)[C@@H]1CCC(=O)N1C. The normalized spacial score (nSPS) is 17.8. The second kappa shape index (κ2) is 46.9. The third-order valence-electron chi connectivity index (χ3n) is 24.6. The van der Waals surface area contributed by atoms with Gasteiger partial charge in [-0.25, -0.2) is 9.59 Å². The smallest absolute Gasteiger partial charge is 0.339 e. The van der Waals surface area contributed by atoms with E-state index in [1.54, 1.807) is 114 Å². The van der Waals surface area contributed by atoms with Gasteiger partial charge in [-0.05, 0) is 91.4 Å². The van der Waals surface area contributed by atoms with E-state index in [9.17, 15) is 53.1 Å². The number of nitrogens with one attached hydrogen (secondary N) is 2. The van der Waals surface area contributed by atoms with Crippen molar-refractivity contribution in [2.75, 3.05) is 103 Å². The minimum atomic E-state index is -1.33. The number of likely N-dealkylation sites (tertiary alicyclic amines) is 1. The number of aromatic carboxylic acids is 1. The number of carbonyl (C=O) groups is 16. The van der Waals surface area contributed by atoms with Gasteiger partial charge in [0.05, 0.1) is 17.2 Å². The van der Waals surface area contributed by atoms with Gasteiger partial charge in [-0.1, -0.05) is 198 Å². The van der Waals surface area contributed by atoms with Crippen molar-refractivity contribution in [2.45, 2.75) is 227 Å². The molecule has 2 heterocycles. The van der Waals surface area contributed by atoms with E-state index in [1.165, 1.54) is 203 Å². The molecule has 15 atom stereocenters. The van der Waals surface area contributed by atoms with Crippen LogP contribution in [0.3, 0.4) is 0 Å². The molecular weight excluding hydrogens is 1640 g/mol. The Bertz CT molecular complexity index is 4310. The van der Waals surface area contributed by atoms with Crippen LogP contribution in [-0.2, 0) is 84.7 Å². The Morgan fingerprint density at radius 1 is 0.416 bits per heavy atom. The van der Waals surface area contributed by atoms with E-state index in [-0.39, 0.29) is 60.8 Å². The standard InChI is InChI=1S/C91H138N14O18S2/c1-29-57(14)76(105(28)81(111)65(47-61-40-34-31-35-41-61)93-77(107)66-44-45-69(106)96(66)19)89(119)95(18)59(16)80(110)100(23)73(54(8)9)86(116)103(26)75(56(12)13)88(118)104(27)74(55(10)11)87(117)101(24)70(51(2)3)83(113)94(17)58(15)79(109)99(22)72(53(6)7)85(115)102(25)71(52(4)5)84(114)98(21)68-50-125-124-49-67(97(20)82(68)112)78(108)92-62(46-60-38-32-30-33-39-60)48-123-91(122)64-43-37-36-42-63(64)90(120)121/h30-43,51-59,62,65-68,70-76H,29,44-50H2,1-28H3,(H,92,108)(H,93,107)(H,120,121)/t57-,58-,59-,62-,65-,66-,67?,68?,70-,71-,72-,73-,74-,75-,76-/m0/s1. The molecule has 3 aromatic rings. The van der Waals surface area contributed by atoms with Gasteiger partial charge >= 0.3 is 11.9 Å². The fourth-order valence-corrected chi connectivity index (χ4v) is 19.3. The van der Waals surface area contributed by atoms with Gasteiger partial charge < -0.3 is 79.3 Å². The summed E-state index contributed by atoms with van der Waals surface area (Å²) < 4.78 is 5.63. The zero-order chi connectivity index (χ0) is 94.7. The molecule has 3 N–H and O–H groups in total. The van der Waals surface area contributed by atoms with Gasteiger partial charge in [0.25, 0.3) is 0 Å². The van der Waals surface area contributed by atoms with E-state index in [2.05, 4.69) is 10.6 Å². The Hall–Kier alpha value is -10.1. The lowest BCUT2D eigenvalue weighted by molar-refractivity contribution is -0.160. The summed E-state index contributed by atoms with van der Waals surface area (Å²) in [5, 5.41) is 15.6. The van der Waals surface area contributed by atoms with Crippen LogP contribution in [0.25, 0.3) is 0 Å². The van der Waals surface area contributed by atoms with Crippen LogP contribution in [0.5, 0.6) is 0 Å². The van der Waals surface area contributed by atoms with E-state index >= 15 is 28.8 Å². The van der Waals surface area contributed by atoms with E-state index in [4.69, 9.17) is 4.74 Å². The van der Waals surface area contributed by atoms with Crippen molar-refractivity contribution in [2.24, 2.45) is 41.4 Å². The number of ether oxygens (including phenoxy) is 1. The van der Waals surface area contributed by atoms with Gasteiger partial charge in [-0.2, -0.15) is 0 Å². The molecule has 2 saturated heterocycles. The predicted molar refractivity (Wildman–Crippen MR) is 481 cm³/mol. The first kappa shape index (κ1) is 105. The maximum atomic E-state index is 15.3. The average Bonchev–Trinajstić information content (AvgIpc) is 1.33. The summed E-state index contributed by atoms with van der Waals surface area (Å²) >= 11 is 0. The van der Waals surface area contributed by atoms with Crippen LogP contribution in [0.15, 0.2) is 84.9 Å². The highest BCUT2D eigenvalue weighted by molar-refractivity contribution is 8.76. The van der Waals surface area contributed by atoms with Crippen molar-refractivity contribution < 1.29 is 86.6 Å². The molecule has 0 spiro atoms. The van der Waals surface area contributed by atoms with Crippen molar-refractivity contribution in [3.63, 3.8) is 0 Å². The Morgan fingerprint density at radius 2 is 0.760 bits per heavy atom. The largest absolute Gasteiger partial charge is 0.478 e. The Labute approximate surface area is 747 Å². The fourth-order valence-electron chi connectivity index (χ4n) is 16.7. The molecule has 0 bridgehead atoms. The van der Waals surface area contributed by atoms with Crippen LogP contribution in [0.4, 0.5) is 0 Å². The summed E-state index contributed by atoms with van der Waals surface area (Å²) in [5.74, 6) is -13.9. The number of esters is 1. The third-order valence-corrected chi connectivity index (χ3v) is 27.0. The number of nitrogens with zero attached hydrogens (tertiary/aromatic N) is 12. The quantitative estimate of drug-likeness (QED) is 0.0425. The number of hydrogen-bond acceptors (Lipinski definition) is 19. The van der Waals surface area contributed by atoms with Crippen molar-refractivity contribution in [3.8, 4) is 0 Å². The maximum absolute atomic E-state index is 15.3. The number of carbonyl (C=O) groups excluding carboxylic acids is 15. The van der Waals surface area contributed by atoms with Crippen LogP contribution in [0.2, 0.25) is 0 Å². The molecule has 14 amide bonds. The van der Waals surface area contributed by atoms with Crippen molar-refractivity contribution >= 4 is 116 Å². The molecule has 2 aliphatic heterocycles. The Morgan fingerprint density at radius 3 is 1.14 bits per heavy atom.